The summed E-state index contributed by atoms with van der Waals surface area (Å²) in [7, 11) is 0. The second kappa shape index (κ2) is 7.66. The summed E-state index contributed by atoms with van der Waals surface area (Å²) in [4.78, 5) is 21.7. The number of aryl methyl sites for hydroxylation is 1. The van der Waals surface area contributed by atoms with Gasteiger partial charge >= 0.3 is 0 Å². The quantitative estimate of drug-likeness (QED) is 0.590. The lowest BCUT2D eigenvalue weighted by molar-refractivity contribution is 0.0747. The van der Waals surface area contributed by atoms with Crippen LogP contribution < -0.4 is 4.90 Å². The second-order valence-electron chi connectivity index (χ2n) is 6.52. The highest BCUT2D eigenvalue weighted by molar-refractivity contribution is 7.22. The Bertz CT molecular complexity index is 996. The van der Waals surface area contributed by atoms with Crippen molar-refractivity contribution in [3.63, 3.8) is 0 Å². The van der Waals surface area contributed by atoms with Crippen LogP contribution in [0.3, 0.4) is 0 Å². The molecule has 1 fully saturated rings. The van der Waals surface area contributed by atoms with E-state index in [1.165, 1.54) is 10.3 Å². The van der Waals surface area contributed by atoms with Gasteiger partial charge in [-0.2, -0.15) is 0 Å². The number of hydrogen-bond donors (Lipinski definition) is 0. The molecule has 0 spiro atoms. The molecule has 2 heterocycles. The average molecular weight is 420 g/mol. The van der Waals surface area contributed by atoms with Gasteiger partial charge in [-0.05, 0) is 36.2 Å². The molecule has 0 radical (unpaired) electrons. The molecule has 1 saturated heterocycles. The predicted molar refractivity (Wildman–Crippen MR) is 114 cm³/mol. The van der Waals surface area contributed by atoms with E-state index in [-0.39, 0.29) is 5.91 Å². The topological polar surface area (TPSA) is 36.4 Å². The zero-order valence-electron chi connectivity index (χ0n) is 14.9. The first-order valence-electron chi connectivity index (χ1n) is 8.94. The number of fused-ring (bicyclic) bond motifs is 1. The molecule has 7 heteroatoms. The molecule has 0 atom stereocenters. The lowest BCUT2D eigenvalue weighted by Gasteiger charge is -2.34. The predicted octanol–water partition coefficient (Wildman–Crippen LogP) is 5.13. The van der Waals surface area contributed by atoms with Crippen LogP contribution in [0.1, 0.15) is 22.8 Å². The van der Waals surface area contributed by atoms with E-state index in [2.05, 4.69) is 30.0 Å². The molecule has 1 aliphatic rings. The number of amides is 1. The fourth-order valence-corrected chi connectivity index (χ4v) is 4.90. The number of thiazole rings is 1. The van der Waals surface area contributed by atoms with E-state index in [0.29, 0.717) is 28.7 Å². The third-order valence-electron chi connectivity index (χ3n) is 4.87. The van der Waals surface area contributed by atoms with Crippen molar-refractivity contribution in [1.82, 2.24) is 9.88 Å². The standard InChI is InChI=1S/C20H19Cl2N3OS/c1-2-13-4-3-5-17-18(13)23-20(27-17)25-10-8-24(9-11-25)19(26)15-7-6-14(21)12-16(15)22/h3-7,12H,2,8-11H2,1H3. The van der Waals surface area contributed by atoms with Crippen molar-refractivity contribution >= 4 is 55.8 Å². The van der Waals surface area contributed by atoms with Crippen molar-refractivity contribution in [3.05, 3.63) is 57.6 Å². The summed E-state index contributed by atoms with van der Waals surface area (Å²) in [5.74, 6) is -0.0473. The number of carbonyl (C=O) groups is 1. The molecule has 0 unspecified atom stereocenters. The highest BCUT2D eigenvalue weighted by Gasteiger charge is 2.25. The minimum atomic E-state index is -0.0473. The van der Waals surface area contributed by atoms with E-state index < -0.39 is 0 Å². The van der Waals surface area contributed by atoms with Gasteiger partial charge in [0.25, 0.3) is 5.91 Å². The van der Waals surface area contributed by atoms with Crippen molar-refractivity contribution in [2.45, 2.75) is 13.3 Å². The smallest absolute Gasteiger partial charge is 0.255 e. The van der Waals surface area contributed by atoms with Gasteiger partial charge in [0.05, 0.1) is 20.8 Å². The minimum absolute atomic E-state index is 0.0473. The Morgan fingerprint density at radius 2 is 1.93 bits per heavy atom. The van der Waals surface area contributed by atoms with Crippen molar-refractivity contribution in [2.75, 3.05) is 31.1 Å². The number of halogens is 2. The van der Waals surface area contributed by atoms with Crippen LogP contribution in [-0.2, 0) is 6.42 Å². The summed E-state index contributed by atoms with van der Waals surface area (Å²) in [6, 6.07) is 11.4. The monoisotopic (exact) mass is 419 g/mol. The van der Waals surface area contributed by atoms with Gasteiger partial charge in [-0.3, -0.25) is 4.79 Å². The molecule has 0 aliphatic carbocycles. The molecule has 27 heavy (non-hydrogen) atoms. The van der Waals surface area contributed by atoms with Gasteiger partial charge in [0.1, 0.15) is 0 Å². The molecule has 1 aromatic heterocycles. The molecular formula is C20H19Cl2N3OS. The van der Waals surface area contributed by atoms with Crippen molar-refractivity contribution in [1.29, 1.82) is 0 Å². The van der Waals surface area contributed by atoms with Gasteiger partial charge in [0.15, 0.2) is 5.13 Å². The molecular weight excluding hydrogens is 401 g/mol. The van der Waals surface area contributed by atoms with Crippen molar-refractivity contribution in [3.8, 4) is 0 Å². The Morgan fingerprint density at radius 1 is 1.15 bits per heavy atom. The number of benzene rings is 2. The number of carbonyl (C=O) groups excluding carboxylic acids is 1. The third kappa shape index (κ3) is 3.64. The maximum Gasteiger partial charge on any atom is 0.255 e. The maximum absolute atomic E-state index is 12.8. The van der Waals surface area contributed by atoms with Crippen LogP contribution in [-0.4, -0.2) is 42.0 Å². The Kier molecular flexibility index (Phi) is 5.26. The van der Waals surface area contributed by atoms with Crippen LogP contribution in [0.25, 0.3) is 10.2 Å². The fraction of sp³-hybridized carbons (Fsp3) is 0.300. The third-order valence-corrected chi connectivity index (χ3v) is 6.50. The molecule has 1 aliphatic heterocycles. The molecule has 3 aromatic rings. The molecule has 0 N–H and O–H groups in total. The number of aromatic nitrogens is 1. The largest absolute Gasteiger partial charge is 0.345 e. The lowest BCUT2D eigenvalue weighted by atomic mass is 10.1. The number of piperazine rings is 1. The van der Waals surface area contributed by atoms with E-state index in [0.717, 1.165) is 30.2 Å². The summed E-state index contributed by atoms with van der Waals surface area (Å²) in [5.41, 5.74) is 2.88. The molecule has 140 valence electrons. The molecule has 4 nitrogen and oxygen atoms in total. The van der Waals surface area contributed by atoms with E-state index in [1.807, 2.05) is 4.90 Å². The maximum atomic E-state index is 12.8. The highest BCUT2D eigenvalue weighted by atomic mass is 35.5. The Labute approximate surface area is 172 Å². The van der Waals surface area contributed by atoms with Gasteiger partial charge in [-0.15, -0.1) is 0 Å². The first-order chi connectivity index (χ1) is 13.1. The zero-order chi connectivity index (χ0) is 19.0. The number of nitrogens with zero attached hydrogens (tertiary/aromatic N) is 3. The molecule has 0 saturated carbocycles. The first-order valence-corrected chi connectivity index (χ1v) is 10.5. The van der Waals surface area contributed by atoms with Crippen LogP contribution in [0.4, 0.5) is 5.13 Å². The normalized spacial score (nSPS) is 14.8. The Balaban J connectivity index is 1.48. The molecule has 2 aromatic carbocycles. The van der Waals surface area contributed by atoms with Gasteiger partial charge < -0.3 is 9.80 Å². The lowest BCUT2D eigenvalue weighted by Crippen LogP contribution is -2.48. The SMILES string of the molecule is CCc1cccc2sc(N3CCN(C(=O)c4ccc(Cl)cc4Cl)CC3)nc12. The first kappa shape index (κ1) is 18.5. The van der Waals surface area contributed by atoms with Crippen LogP contribution in [0.15, 0.2) is 36.4 Å². The second-order valence-corrected chi connectivity index (χ2v) is 8.37. The molecule has 1 amide bonds. The summed E-state index contributed by atoms with van der Waals surface area (Å²) in [6.45, 7) is 4.97. The van der Waals surface area contributed by atoms with Gasteiger partial charge in [-0.1, -0.05) is 53.6 Å². The van der Waals surface area contributed by atoms with Crippen LogP contribution in [0.2, 0.25) is 10.0 Å². The number of hydrogen-bond acceptors (Lipinski definition) is 4. The van der Waals surface area contributed by atoms with E-state index in [1.54, 1.807) is 29.5 Å². The van der Waals surface area contributed by atoms with Crippen LogP contribution in [0.5, 0.6) is 0 Å². The summed E-state index contributed by atoms with van der Waals surface area (Å²) < 4.78 is 1.22. The molecule has 0 bridgehead atoms. The molecule has 4 rings (SSSR count). The Hall–Kier alpha value is -1.82. The number of anilines is 1. The van der Waals surface area contributed by atoms with Gasteiger partial charge in [-0.25, -0.2) is 4.98 Å². The van der Waals surface area contributed by atoms with Crippen LogP contribution in [0, 0.1) is 0 Å². The summed E-state index contributed by atoms with van der Waals surface area (Å²) >= 11 is 13.8. The van der Waals surface area contributed by atoms with Gasteiger partial charge in [0.2, 0.25) is 0 Å². The Morgan fingerprint density at radius 3 is 2.63 bits per heavy atom. The number of para-hydroxylation sites is 1. The summed E-state index contributed by atoms with van der Waals surface area (Å²) in [6.07, 6.45) is 0.977. The van der Waals surface area contributed by atoms with Gasteiger partial charge in [0, 0.05) is 31.2 Å². The van der Waals surface area contributed by atoms with E-state index in [9.17, 15) is 4.79 Å². The fourth-order valence-electron chi connectivity index (χ4n) is 3.35. The highest BCUT2D eigenvalue weighted by Crippen LogP contribution is 2.32. The van der Waals surface area contributed by atoms with Crippen molar-refractivity contribution in [2.24, 2.45) is 0 Å². The number of rotatable bonds is 3. The van der Waals surface area contributed by atoms with E-state index >= 15 is 0 Å². The zero-order valence-corrected chi connectivity index (χ0v) is 17.2. The summed E-state index contributed by atoms with van der Waals surface area (Å²) in [5, 5.41) is 1.96. The van der Waals surface area contributed by atoms with Crippen LogP contribution >= 0.6 is 34.5 Å². The minimum Gasteiger partial charge on any atom is -0.345 e. The van der Waals surface area contributed by atoms with E-state index in [4.69, 9.17) is 28.2 Å². The average Bonchev–Trinajstić information content (AvgIpc) is 3.12. The van der Waals surface area contributed by atoms with Crippen molar-refractivity contribution < 1.29 is 4.79 Å².